The van der Waals surface area contributed by atoms with Crippen LogP contribution in [0.4, 0.5) is 17.1 Å². The lowest BCUT2D eigenvalue weighted by molar-refractivity contribution is -0.118. The van der Waals surface area contributed by atoms with Crippen LogP contribution < -0.4 is 15.4 Å². The predicted molar refractivity (Wildman–Crippen MR) is 121 cm³/mol. The Morgan fingerprint density at radius 2 is 1.90 bits per heavy atom. The summed E-state index contributed by atoms with van der Waals surface area (Å²) in [4.78, 5) is 16.3. The molecule has 2 N–H and O–H groups in total. The van der Waals surface area contributed by atoms with Gasteiger partial charge in [-0.05, 0) is 74.6 Å². The van der Waals surface area contributed by atoms with Gasteiger partial charge in [0, 0.05) is 17.8 Å². The van der Waals surface area contributed by atoms with Crippen LogP contribution in [-0.4, -0.2) is 25.3 Å². The summed E-state index contributed by atoms with van der Waals surface area (Å²) < 4.78 is 5.66. The first kappa shape index (κ1) is 20.9. The highest BCUT2D eigenvalue weighted by Crippen LogP contribution is 2.34. The molecule has 0 aliphatic heterocycles. The quantitative estimate of drug-likeness (QED) is 0.604. The summed E-state index contributed by atoms with van der Waals surface area (Å²) >= 11 is 0. The van der Waals surface area contributed by atoms with Gasteiger partial charge in [0.15, 0.2) is 6.61 Å². The second-order valence-corrected chi connectivity index (χ2v) is 8.30. The summed E-state index contributed by atoms with van der Waals surface area (Å²) in [5.74, 6) is 1.86. The fourth-order valence-corrected chi connectivity index (χ4v) is 4.21. The van der Waals surface area contributed by atoms with Crippen LogP contribution >= 0.6 is 0 Å². The monoisotopic (exact) mass is 393 g/mol. The molecule has 1 aliphatic carbocycles. The summed E-state index contributed by atoms with van der Waals surface area (Å²) in [6, 6.07) is 13.8. The van der Waals surface area contributed by atoms with Crippen molar-refractivity contribution >= 4 is 29.7 Å². The average Bonchev–Trinajstić information content (AvgIpc) is 2.66. The highest BCUT2D eigenvalue weighted by Gasteiger charge is 2.24. The number of hydrogen-bond acceptors (Lipinski definition) is 4. The summed E-state index contributed by atoms with van der Waals surface area (Å²) in [5.41, 5.74) is 3.56. The number of ether oxygens (including phenoxy) is 1. The van der Waals surface area contributed by atoms with E-state index in [1.54, 1.807) is 0 Å². The molecule has 1 unspecified atom stereocenters. The number of hydrogen-bond donors (Lipinski definition) is 2. The summed E-state index contributed by atoms with van der Waals surface area (Å²) in [7, 11) is 0. The number of aryl methyl sites for hydroxylation is 1. The minimum absolute atomic E-state index is 0.0606. The van der Waals surface area contributed by atoms with Crippen LogP contribution in [0.5, 0.6) is 5.75 Å². The fraction of sp³-hybridized carbons (Fsp3) is 0.417. The number of carbonyl (C=O) groups excluding carboxylic acids is 1. The zero-order valence-corrected chi connectivity index (χ0v) is 17.6. The smallest absolute Gasteiger partial charge is 0.262 e. The zero-order valence-electron chi connectivity index (χ0n) is 17.6. The molecule has 5 nitrogen and oxygen atoms in total. The third-order valence-corrected chi connectivity index (χ3v) is 5.35. The van der Waals surface area contributed by atoms with E-state index in [9.17, 15) is 4.79 Å². The summed E-state index contributed by atoms with van der Waals surface area (Å²) in [5, 5.41) is 6.47. The Labute approximate surface area is 173 Å². The summed E-state index contributed by atoms with van der Waals surface area (Å²) in [6.07, 6.45) is 3.62. The second-order valence-electron chi connectivity index (χ2n) is 8.30. The van der Waals surface area contributed by atoms with E-state index in [2.05, 4.69) is 36.2 Å². The van der Waals surface area contributed by atoms with Crippen molar-refractivity contribution in [3.63, 3.8) is 0 Å². The van der Waals surface area contributed by atoms with Crippen LogP contribution in [0.15, 0.2) is 47.5 Å². The van der Waals surface area contributed by atoms with E-state index in [0.717, 1.165) is 47.3 Å². The van der Waals surface area contributed by atoms with Crippen molar-refractivity contribution < 1.29 is 9.53 Å². The van der Waals surface area contributed by atoms with Crippen LogP contribution in [0, 0.1) is 18.8 Å². The third kappa shape index (κ3) is 6.08. The number of anilines is 2. The molecule has 1 amide bonds. The average molecular weight is 394 g/mol. The van der Waals surface area contributed by atoms with E-state index in [4.69, 9.17) is 4.74 Å². The molecule has 0 bridgehead atoms. The van der Waals surface area contributed by atoms with E-state index in [0.29, 0.717) is 11.8 Å². The van der Waals surface area contributed by atoms with Gasteiger partial charge in [-0.25, -0.2) is 0 Å². The SMILES string of the molecule is C=Nc1cc(OCC(=O)Nc2cccc(C)c2)ccc1N[C@H]1CC(C)C[C@@H](C)C1. The number of carbonyl (C=O) groups is 1. The second kappa shape index (κ2) is 9.59. The molecule has 2 aromatic rings. The molecule has 0 aromatic heterocycles. The first-order valence-electron chi connectivity index (χ1n) is 10.3. The van der Waals surface area contributed by atoms with Gasteiger partial charge in [-0.1, -0.05) is 26.0 Å². The highest BCUT2D eigenvalue weighted by atomic mass is 16.5. The Hall–Kier alpha value is -2.82. The number of rotatable bonds is 7. The minimum atomic E-state index is -0.198. The normalized spacial score (nSPS) is 21.3. The Balaban J connectivity index is 1.58. The maximum atomic E-state index is 12.2. The molecule has 1 aliphatic rings. The molecule has 0 radical (unpaired) electrons. The molecule has 0 heterocycles. The Morgan fingerprint density at radius 3 is 2.59 bits per heavy atom. The Bertz CT molecular complexity index is 855. The van der Waals surface area contributed by atoms with Crippen molar-refractivity contribution in [1.82, 2.24) is 0 Å². The maximum Gasteiger partial charge on any atom is 0.262 e. The molecule has 154 valence electrons. The number of amides is 1. The first-order chi connectivity index (χ1) is 13.9. The van der Waals surface area contributed by atoms with Gasteiger partial charge in [-0.3, -0.25) is 9.79 Å². The Kier molecular flexibility index (Phi) is 6.91. The van der Waals surface area contributed by atoms with Crippen molar-refractivity contribution in [3.8, 4) is 5.75 Å². The standard InChI is InChI=1S/C24H31N3O2/c1-16-6-5-7-19(11-16)27-24(28)15-29-21-8-9-22(23(14-21)25-4)26-20-12-17(2)10-18(3)13-20/h5-9,11,14,17-18,20,26H,4,10,12-13,15H2,1-3H3,(H,27,28)/t17-,18?,20-/m1/s1. The van der Waals surface area contributed by atoms with Gasteiger partial charge >= 0.3 is 0 Å². The number of nitrogens with one attached hydrogen (secondary N) is 2. The van der Waals surface area contributed by atoms with Crippen molar-refractivity contribution in [1.29, 1.82) is 0 Å². The lowest BCUT2D eigenvalue weighted by atomic mass is 9.80. The highest BCUT2D eigenvalue weighted by molar-refractivity contribution is 5.92. The Morgan fingerprint density at radius 1 is 1.14 bits per heavy atom. The van der Waals surface area contributed by atoms with E-state index in [-0.39, 0.29) is 12.5 Å². The molecule has 29 heavy (non-hydrogen) atoms. The van der Waals surface area contributed by atoms with Crippen molar-refractivity contribution in [2.24, 2.45) is 16.8 Å². The first-order valence-corrected chi connectivity index (χ1v) is 10.3. The lowest BCUT2D eigenvalue weighted by Gasteiger charge is -2.32. The van der Waals surface area contributed by atoms with Crippen LogP contribution in [0.25, 0.3) is 0 Å². The molecule has 3 rings (SSSR count). The molecular formula is C24H31N3O2. The van der Waals surface area contributed by atoms with Gasteiger partial charge in [0.2, 0.25) is 0 Å². The molecule has 2 aromatic carbocycles. The molecule has 1 saturated carbocycles. The molecule has 1 fully saturated rings. The van der Waals surface area contributed by atoms with Crippen molar-refractivity contribution in [2.75, 3.05) is 17.2 Å². The van der Waals surface area contributed by atoms with E-state index < -0.39 is 0 Å². The van der Waals surface area contributed by atoms with Gasteiger partial charge < -0.3 is 15.4 Å². The number of benzene rings is 2. The van der Waals surface area contributed by atoms with Crippen LogP contribution in [0.1, 0.15) is 38.7 Å². The summed E-state index contributed by atoms with van der Waals surface area (Å²) in [6.45, 7) is 10.2. The molecular weight excluding hydrogens is 362 g/mol. The van der Waals surface area contributed by atoms with Gasteiger partial charge in [0.05, 0.1) is 11.4 Å². The number of nitrogens with zero attached hydrogens (tertiary/aromatic N) is 1. The zero-order chi connectivity index (χ0) is 20.8. The van der Waals surface area contributed by atoms with Crippen LogP contribution in [0.2, 0.25) is 0 Å². The maximum absolute atomic E-state index is 12.2. The molecule has 0 spiro atoms. The third-order valence-electron chi connectivity index (χ3n) is 5.35. The van der Waals surface area contributed by atoms with Gasteiger partial charge in [0.1, 0.15) is 5.75 Å². The van der Waals surface area contributed by atoms with Gasteiger partial charge in [-0.2, -0.15) is 0 Å². The fourth-order valence-electron chi connectivity index (χ4n) is 4.21. The van der Waals surface area contributed by atoms with E-state index in [1.807, 2.05) is 49.4 Å². The van der Waals surface area contributed by atoms with Crippen molar-refractivity contribution in [2.45, 2.75) is 46.1 Å². The largest absolute Gasteiger partial charge is 0.484 e. The van der Waals surface area contributed by atoms with E-state index in [1.165, 1.54) is 6.42 Å². The van der Waals surface area contributed by atoms with Gasteiger partial charge in [-0.15, -0.1) is 0 Å². The predicted octanol–water partition coefficient (Wildman–Crippen LogP) is 5.58. The van der Waals surface area contributed by atoms with Crippen molar-refractivity contribution in [3.05, 3.63) is 48.0 Å². The topological polar surface area (TPSA) is 62.7 Å². The lowest BCUT2D eigenvalue weighted by Crippen LogP contribution is -2.30. The molecule has 5 heteroatoms. The minimum Gasteiger partial charge on any atom is -0.484 e. The molecule has 3 atom stereocenters. The van der Waals surface area contributed by atoms with E-state index >= 15 is 0 Å². The van der Waals surface area contributed by atoms with Gasteiger partial charge in [0.25, 0.3) is 5.91 Å². The van der Waals surface area contributed by atoms with Crippen LogP contribution in [-0.2, 0) is 4.79 Å². The number of aliphatic imine (C=N–C) groups is 1. The molecule has 0 saturated heterocycles. The van der Waals surface area contributed by atoms with Crippen LogP contribution in [0.3, 0.4) is 0 Å².